The largest absolute Gasteiger partial charge is 0.456 e. The quantitative estimate of drug-likeness (QED) is 0.181. The van der Waals surface area contributed by atoms with Crippen LogP contribution in [0.15, 0.2) is 179 Å². The van der Waals surface area contributed by atoms with Crippen LogP contribution >= 0.6 is 11.3 Å². The van der Waals surface area contributed by atoms with Gasteiger partial charge >= 0.3 is 0 Å². The Kier molecular flexibility index (Phi) is 6.55. The van der Waals surface area contributed by atoms with Gasteiger partial charge in [0.2, 0.25) is 0 Å². The van der Waals surface area contributed by atoms with E-state index in [2.05, 4.69) is 163 Å². The van der Waals surface area contributed by atoms with Gasteiger partial charge in [0.1, 0.15) is 16.7 Å². The van der Waals surface area contributed by atoms with Crippen LogP contribution in [0.4, 0.5) is 11.4 Å². The zero-order valence-electron chi connectivity index (χ0n) is 28.1. The molecule has 4 heteroatoms. The van der Waals surface area contributed by atoms with E-state index in [1.54, 1.807) is 0 Å². The number of rotatable bonds is 5. The predicted octanol–water partition coefficient (Wildman–Crippen LogP) is 14.1. The number of para-hydroxylation sites is 2. The van der Waals surface area contributed by atoms with E-state index in [-0.39, 0.29) is 6.04 Å². The van der Waals surface area contributed by atoms with Crippen LogP contribution < -0.4 is 4.90 Å². The van der Waals surface area contributed by atoms with E-state index in [1.807, 2.05) is 23.5 Å². The van der Waals surface area contributed by atoms with Gasteiger partial charge in [-0.05, 0) is 53.5 Å². The van der Waals surface area contributed by atoms with Gasteiger partial charge in [0, 0.05) is 42.6 Å². The number of anilines is 2. The van der Waals surface area contributed by atoms with Crippen LogP contribution in [0.2, 0.25) is 0 Å². The van der Waals surface area contributed by atoms with E-state index >= 15 is 0 Å². The van der Waals surface area contributed by atoms with Crippen molar-refractivity contribution in [2.45, 2.75) is 12.5 Å². The molecule has 0 saturated carbocycles. The summed E-state index contributed by atoms with van der Waals surface area (Å²) in [5.41, 5.74) is 10.4. The first-order valence-corrected chi connectivity index (χ1v) is 18.6. The molecule has 0 N–H and O–H groups in total. The maximum Gasteiger partial charge on any atom is 0.159 e. The lowest BCUT2D eigenvalue weighted by Crippen LogP contribution is -2.31. The Morgan fingerprint density at radius 2 is 1.23 bits per heavy atom. The van der Waals surface area contributed by atoms with Gasteiger partial charge in [0.15, 0.2) is 5.58 Å². The molecule has 1 aliphatic rings. The lowest BCUT2D eigenvalue weighted by molar-refractivity contribution is 0.662. The average molecular weight is 686 g/mol. The standard InChI is InChI=1S/C48H31NO2S/c1-3-14-30(15-4-1)32-18-11-19-33(28-32)49(40-25-13-23-36-34-20-8-10-27-43(34)52-48(36)40)39-24-12-22-35-38-29-42-45(37-21-7-9-26-41(37)50-42)44(47(38)51-46(35)39)31-16-5-2-6-17-31/h1-27,29,33H,28H2. The second-order valence-corrected chi connectivity index (χ2v) is 14.6. The van der Waals surface area contributed by atoms with Gasteiger partial charge in [-0.3, -0.25) is 0 Å². The highest BCUT2D eigenvalue weighted by atomic mass is 32.1. The molecule has 0 aliphatic heterocycles. The van der Waals surface area contributed by atoms with Crippen molar-refractivity contribution in [2.75, 3.05) is 4.90 Å². The van der Waals surface area contributed by atoms with Gasteiger partial charge in [-0.25, -0.2) is 0 Å². The maximum absolute atomic E-state index is 7.25. The smallest absolute Gasteiger partial charge is 0.159 e. The Balaban J connectivity index is 1.20. The van der Waals surface area contributed by atoms with Crippen LogP contribution in [-0.2, 0) is 0 Å². The molecule has 52 heavy (non-hydrogen) atoms. The molecular weight excluding hydrogens is 655 g/mol. The molecule has 0 bridgehead atoms. The fraction of sp³-hybridized carbons (Fsp3) is 0.0417. The predicted molar refractivity (Wildman–Crippen MR) is 220 cm³/mol. The molecule has 3 aromatic heterocycles. The normalized spacial score (nSPS) is 14.7. The van der Waals surface area contributed by atoms with Crippen LogP contribution in [0.25, 0.3) is 80.7 Å². The molecule has 3 heterocycles. The minimum absolute atomic E-state index is 0.0450. The second kappa shape index (κ2) is 11.6. The fourth-order valence-electron chi connectivity index (χ4n) is 8.31. The first-order chi connectivity index (χ1) is 25.8. The summed E-state index contributed by atoms with van der Waals surface area (Å²) in [5, 5.41) is 6.85. The molecular formula is C48H31NO2S. The Morgan fingerprint density at radius 3 is 2.08 bits per heavy atom. The SMILES string of the molecule is C1=CC(N(c2cccc3c2oc2c(-c4ccccc4)c4c(cc23)oc2ccccc24)c2cccc3c2sc2ccccc23)CC(c2ccccc2)=C1. The van der Waals surface area contributed by atoms with E-state index in [0.29, 0.717) is 0 Å². The van der Waals surface area contributed by atoms with Crippen molar-refractivity contribution in [2.24, 2.45) is 0 Å². The second-order valence-electron chi connectivity index (χ2n) is 13.6. The minimum Gasteiger partial charge on any atom is -0.456 e. The van der Waals surface area contributed by atoms with Crippen LogP contribution in [-0.4, -0.2) is 6.04 Å². The third-order valence-corrected chi connectivity index (χ3v) is 11.8. The van der Waals surface area contributed by atoms with Gasteiger partial charge < -0.3 is 13.7 Å². The van der Waals surface area contributed by atoms with E-state index in [9.17, 15) is 0 Å². The summed E-state index contributed by atoms with van der Waals surface area (Å²) < 4.78 is 16.4. The number of hydrogen-bond donors (Lipinski definition) is 0. The third-order valence-electron chi connectivity index (χ3n) is 10.6. The van der Waals surface area contributed by atoms with Crippen molar-refractivity contribution >= 4 is 92.3 Å². The number of benzene rings is 7. The molecule has 3 nitrogen and oxygen atoms in total. The zero-order valence-corrected chi connectivity index (χ0v) is 28.9. The summed E-state index contributed by atoms with van der Waals surface area (Å²) in [5.74, 6) is 0. The Labute approximate surface area is 303 Å². The number of allylic oxidation sites excluding steroid dienone is 2. The maximum atomic E-state index is 7.25. The molecule has 0 spiro atoms. The van der Waals surface area contributed by atoms with Crippen molar-refractivity contribution in [3.63, 3.8) is 0 Å². The van der Waals surface area contributed by atoms with Gasteiger partial charge in [-0.2, -0.15) is 0 Å². The molecule has 11 rings (SSSR count). The van der Waals surface area contributed by atoms with E-state index in [1.165, 1.54) is 37.0 Å². The first-order valence-electron chi connectivity index (χ1n) is 17.8. The Hall–Kier alpha value is -6.36. The Bertz CT molecular complexity index is 3050. The first kappa shape index (κ1) is 29.4. The minimum atomic E-state index is 0.0450. The summed E-state index contributed by atoms with van der Waals surface area (Å²) in [6, 6.07) is 54.0. The van der Waals surface area contributed by atoms with Crippen LogP contribution in [0.5, 0.6) is 0 Å². The van der Waals surface area contributed by atoms with Crippen molar-refractivity contribution in [3.8, 4) is 11.1 Å². The molecule has 1 unspecified atom stereocenters. The summed E-state index contributed by atoms with van der Waals surface area (Å²) >= 11 is 1.86. The Morgan fingerprint density at radius 1 is 0.538 bits per heavy atom. The lowest BCUT2D eigenvalue weighted by Gasteiger charge is -2.34. The molecule has 1 aliphatic carbocycles. The van der Waals surface area contributed by atoms with Crippen molar-refractivity contribution in [3.05, 3.63) is 175 Å². The highest BCUT2D eigenvalue weighted by Crippen LogP contribution is 2.49. The summed E-state index contributed by atoms with van der Waals surface area (Å²) in [4.78, 5) is 2.52. The fourth-order valence-corrected chi connectivity index (χ4v) is 9.52. The van der Waals surface area contributed by atoms with Gasteiger partial charge in [0.25, 0.3) is 0 Å². The van der Waals surface area contributed by atoms with Crippen LogP contribution in [0.3, 0.4) is 0 Å². The van der Waals surface area contributed by atoms with Gasteiger partial charge in [0.05, 0.1) is 22.1 Å². The van der Waals surface area contributed by atoms with Crippen molar-refractivity contribution in [1.82, 2.24) is 0 Å². The third kappa shape index (κ3) is 4.44. The number of fused-ring (bicyclic) bond motifs is 9. The topological polar surface area (TPSA) is 29.5 Å². The van der Waals surface area contributed by atoms with E-state index in [4.69, 9.17) is 8.83 Å². The summed E-state index contributed by atoms with van der Waals surface area (Å²) in [6.45, 7) is 0. The molecule has 0 radical (unpaired) electrons. The van der Waals surface area contributed by atoms with E-state index in [0.717, 1.165) is 67.1 Å². The highest BCUT2D eigenvalue weighted by Gasteiger charge is 2.29. The summed E-state index contributed by atoms with van der Waals surface area (Å²) in [7, 11) is 0. The number of furan rings is 2. The molecule has 7 aromatic carbocycles. The number of hydrogen-bond acceptors (Lipinski definition) is 4. The molecule has 10 aromatic rings. The molecule has 246 valence electrons. The zero-order chi connectivity index (χ0) is 34.2. The molecule has 0 saturated heterocycles. The lowest BCUT2D eigenvalue weighted by atomic mass is 9.92. The van der Waals surface area contributed by atoms with Crippen LogP contribution in [0, 0.1) is 0 Å². The number of thiophene rings is 1. The summed E-state index contributed by atoms with van der Waals surface area (Å²) in [6.07, 6.45) is 7.68. The monoisotopic (exact) mass is 685 g/mol. The van der Waals surface area contributed by atoms with Gasteiger partial charge in [-0.15, -0.1) is 11.3 Å². The highest BCUT2D eigenvalue weighted by molar-refractivity contribution is 7.26. The average Bonchev–Trinajstić information content (AvgIpc) is 3.90. The van der Waals surface area contributed by atoms with E-state index < -0.39 is 0 Å². The molecule has 1 atom stereocenters. The van der Waals surface area contributed by atoms with Crippen molar-refractivity contribution in [1.29, 1.82) is 0 Å². The van der Waals surface area contributed by atoms with Crippen LogP contribution in [0.1, 0.15) is 12.0 Å². The van der Waals surface area contributed by atoms with Gasteiger partial charge in [-0.1, -0.05) is 140 Å². The molecule has 0 fully saturated rings. The number of nitrogens with zero attached hydrogens (tertiary/aromatic N) is 1. The molecule has 0 amide bonds. The van der Waals surface area contributed by atoms with Crippen molar-refractivity contribution < 1.29 is 8.83 Å².